The molecule has 5 nitrogen and oxygen atoms in total. The molecule has 1 aliphatic heterocycles. The fraction of sp³-hybridized carbons (Fsp3) is 0.444. The molecule has 0 bridgehead atoms. The molecule has 2 aromatic rings. The minimum atomic E-state index is 0.672. The predicted octanol–water partition coefficient (Wildman–Crippen LogP) is 2.11. The average molecular weight is 312 g/mol. The lowest BCUT2D eigenvalue weighted by molar-refractivity contribution is 0.121. The van der Waals surface area contributed by atoms with Crippen LogP contribution in [0.25, 0.3) is 0 Å². The molecule has 5 heteroatoms. The maximum Gasteiger partial charge on any atom is 0.212 e. The van der Waals surface area contributed by atoms with Gasteiger partial charge in [0.05, 0.1) is 7.11 Å². The van der Waals surface area contributed by atoms with Crippen molar-refractivity contribution < 1.29 is 4.74 Å². The van der Waals surface area contributed by atoms with Crippen molar-refractivity contribution in [2.24, 2.45) is 0 Å². The summed E-state index contributed by atoms with van der Waals surface area (Å²) < 4.78 is 5.10. The Bertz CT molecular complexity index is 621. The monoisotopic (exact) mass is 312 g/mol. The highest BCUT2D eigenvalue weighted by Crippen LogP contribution is 2.13. The SMILES string of the molecule is COc1ccc(CN2CCN(Cc3cccnc3C)CC2)cn1. The van der Waals surface area contributed by atoms with E-state index >= 15 is 0 Å². The Morgan fingerprint density at radius 2 is 1.74 bits per heavy atom. The maximum atomic E-state index is 5.10. The summed E-state index contributed by atoms with van der Waals surface area (Å²) in [6, 6.07) is 8.22. The molecule has 0 radical (unpaired) electrons. The van der Waals surface area contributed by atoms with E-state index in [1.54, 1.807) is 7.11 Å². The Hall–Kier alpha value is -1.98. The number of hydrogen-bond acceptors (Lipinski definition) is 5. The van der Waals surface area contributed by atoms with E-state index in [1.807, 2.05) is 24.5 Å². The number of hydrogen-bond donors (Lipinski definition) is 0. The number of pyridine rings is 2. The standard InChI is InChI=1S/C18H24N4O/c1-15-17(4-3-7-19-15)14-22-10-8-21(9-11-22)13-16-5-6-18(23-2)20-12-16/h3-7,12H,8-11,13-14H2,1-2H3. The molecule has 3 rings (SSSR count). The van der Waals surface area contributed by atoms with E-state index in [9.17, 15) is 0 Å². The topological polar surface area (TPSA) is 41.5 Å². The van der Waals surface area contributed by atoms with Gasteiger partial charge in [0, 0.05) is 63.4 Å². The first kappa shape index (κ1) is 15.9. The van der Waals surface area contributed by atoms with Crippen LogP contribution in [0.2, 0.25) is 0 Å². The molecule has 0 saturated carbocycles. The summed E-state index contributed by atoms with van der Waals surface area (Å²) in [7, 11) is 1.64. The number of aromatic nitrogens is 2. The van der Waals surface area contributed by atoms with Crippen LogP contribution in [0, 0.1) is 6.92 Å². The Balaban J connectivity index is 1.49. The van der Waals surface area contributed by atoms with Gasteiger partial charge in [0.2, 0.25) is 5.88 Å². The number of ether oxygens (including phenoxy) is 1. The van der Waals surface area contributed by atoms with Crippen molar-refractivity contribution >= 4 is 0 Å². The van der Waals surface area contributed by atoms with Crippen LogP contribution in [-0.4, -0.2) is 53.1 Å². The minimum absolute atomic E-state index is 0.672. The first-order chi connectivity index (χ1) is 11.2. The molecule has 2 aromatic heterocycles. The number of methoxy groups -OCH3 is 1. The third-order valence-corrected chi connectivity index (χ3v) is 4.39. The van der Waals surface area contributed by atoms with Gasteiger partial charge in [-0.05, 0) is 24.1 Å². The second kappa shape index (κ2) is 7.53. The fourth-order valence-electron chi connectivity index (χ4n) is 2.91. The second-order valence-electron chi connectivity index (χ2n) is 6.01. The molecule has 0 atom stereocenters. The van der Waals surface area contributed by atoms with Crippen LogP contribution in [0.3, 0.4) is 0 Å². The number of aryl methyl sites for hydroxylation is 1. The molecule has 122 valence electrons. The highest BCUT2D eigenvalue weighted by Gasteiger charge is 2.17. The van der Waals surface area contributed by atoms with E-state index in [0.29, 0.717) is 5.88 Å². The van der Waals surface area contributed by atoms with Gasteiger partial charge in [-0.3, -0.25) is 14.8 Å². The zero-order valence-corrected chi connectivity index (χ0v) is 13.9. The molecule has 0 unspecified atom stereocenters. The molecule has 1 saturated heterocycles. The van der Waals surface area contributed by atoms with Crippen LogP contribution < -0.4 is 4.74 Å². The lowest BCUT2D eigenvalue weighted by Gasteiger charge is -2.34. The van der Waals surface area contributed by atoms with Gasteiger partial charge in [0.25, 0.3) is 0 Å². The molecule has 0 N–H and O–H groups in total. The molecule has 0 aromatic carbocycles. The molecule has 1 aliphatic rings. The van der Waals surface area contributed by atoms with Gasteiger partial charge in [-0.2, -0.15) is 0 Å². The highest BCUT2D eigenvalue weighted by atomic mass is 16.5. The lowest BCUT2D eigenvalue weighted by atomic mass is 10.1. The second-order valence-corrected chi connectivity index (χ2v) is 6.01. The summed E-state index contributed by atoms with van der Waals surface area (Å²) in [5, 5.41) is 0. The van der Waals surface area contributed by atoms with E-state index < -0.39 is 0 Å². The third kappa shape index (κ3) is 4.27. The zero-order chi connectivity index (χ0) is 16.1. The van der Waals surface area contributed by atoms with Gasteiger partial charge in [-0.25, -0.2) is 4.98 Å². The van der Waals surface area contributed by atoms with Crippen molar-refractivity contribution in [2.75, 3.05) is 33.3 Å². The van der Waals surface area contributed by atoms with Gasteiger partial charge >= 0.3 is 0 Å². The van der Waals surface area contributed by atoms with E-state index in [1.165, 1.54) is 11.1 Å². The first-order valence-electron chi connectivity index (χ1n) is 8.09. The van der Waals surface area contributed by atoms with E-state index in [0.717, 1.165) is 45.0 Å². The fourth-order valence-corrected chi connectivity index (χ4v) is 2.91. The smallest absolute Gasteiger partial charge is 0.212 e. The Labute approximate surface area is 137 Å². The van der Waals surface area contributed by atoms with Crippen molar-refractivity contribution in [1.29, 1.82) is 0 Å². The zero-order valence-electron chi connectivity index (χ0n) is 13.9. The maximum absolute atomic E-state index is 5.10. The molecule has 0 spiro atoms. The van der Waals surface area contributed by atoms with Crippen LogP contribution >= 0.6 is 0 Å². The largest absolute Gasteiger partial charge is 0.481 e. The molecular weight excluding hydrogens is 288 g/mol. The molecule has 23 heavy (non-hydrogen) atoms. The first-order valence-corrected chi connectivity index (χ1v) is 8.09. The lowest BCUT2D eigenvalue weighted by Crippen LogP contribution is -2.45. The minimum Gasteiger partial charge on any atom is -0.481 e. The summed E-state index contributed by atoms with van der Waals surface area (Å²) >= 11 is 0. The summed E-state index contributed by atoms with van der Waals surface area (Å²) in [4.78, 5) is 13.6. The predicted molar refractivity (Wildman–Crippen MR) is 90.3 cm³/mol. The van der Waals surface area contributed by atoms with E-state index in [4.69, 9.17) is 4.74 Å². The van der Waals surface area contributed by atoms with Crippen LogP contribution in [0.15, 0.2) is 36.7 Å². The van der Waals surface area contributed by atoms with Crippen LogP contribution in [-0.2, 0) is 13.1 Å². The summed E-state index contributed by atoms with van der Waals surface area (Å²) in [6.07, 6.45) is 3.77. The van der Waals surface area contributed by atoms with Gasteiger partial charge < -0.3 is 4.74 Å². The summed E-state index contributed by atoms with van der Waals surface area (Å²) in [5.74, 6) is 0.672. The van der Waals surface area contributed by atoms with Crippen molar-refractivity contribution in [1.82, 2.24) is 19.8 Å². The van der Waals surface area contributed by atoms with Gasteiger partial charge in [0.15, 0.2) is 0 Å². The number of piperazine rings is 1. The van der Waals surface area contributed by atoms with Gasteiger partial charge in [0.1, 0.15) is 0 Å². The number of nitrogens with zero attached hydrogens (tertiary/aromatic N) is 4. The molecule has 3 heterocycles. The Morgan fingerprint density at radius 1 is 1.00 bits per heavy atom. The Morgan fingerprint density at radius 3 is 2.35 bits per heavy atom. The number of rotatable bonds is 5. The van der Waals surface area contributed by atoms with Crippen LogP contribution in [0.4, 0.5) is 0 Å². The van der Waals surface area contributed by atoms with E-state index in [-0.39, 0.29) is 0 Å². The average Bonchev–Trinajstić information content (AvgIpc) is 2.59. The molecule has 0 aliphatic carbocycles. The Kier molecular flexibility index (Phi) is 5.20. The van der Waals surface area contributed by atoms with Crippen molar-refractivity contribution in [2.45, 2.75) is 20.0 Å². The normalized spacial score (nSPS) is 16.4. The molecule has 1 fully saturated rings. The highest BCUT2D eigenvalue weighted by molar-refractivity contribution is 5.19. The third-order valence-electron chi connectivity index (χ3n) is 4.39. The van der Waals surface area contributed by atoms with Crippen molar-refractivity contribution in [3.8, 4) is 5.88 Å². The molecule has 0 amide bonds. The quantitative estimate of drug-likeness (QED) is 0.846. The van der Waals surface area contributed by atoms with Crippen LogP contribution in [0.5, 0.6) is 5.88 Å². The van der Waals surface area contributed by atoms with Crippen LogP contribution in [0.1, 0.15) is 16.8 Å². The molecular formula is C18H24N4O. The van der Waals surface area contributed by atoms with Gasteiger partial charge in [-0.1, -0.05) is 12.1 Å². The van der Waals surface area contributed by atoms with Crippen molar-refractivity contribution in [3.05, 3.63) is 53.5 Å². The van der Waals surface area contributed by atoms with Gasteiger partial charge in [-0.15, -0.1) is 0 Å². The summed E-state index contributed by atoms with van der Waals surface area (Å²) in [6.45, 7) is 8.41. The summed E-state index contributed by atoms with van der Waals surface area (Å²) in [5.41, 5.74) is 3.71. The van der Waals surface area contributed by atoms with Crippen molar-refractivity contribution in [3.63, 3.8) is 0 Å². The van der Waals surface area contributed by atoms with E-state index in [2.05, 4.69) is 38.8 Å².